The second kappa shape index (κ2) is 6.83. The van der Waals surface area contributed by atoms with Crippen LogP contribution in [0.25, 0.3) is 0 Å². The molecule has 4 rings (SSSR count). The SMILES string of the molecule is CC1(C)C[C@H]2[C@H](CCCN2C(=O)c2cc(F)ccc2F)N1c1cccc(F)c1. The van der Waals surface area contributed by atoms with Gasteiger partial charge in [-0.05, 0) is 69.5 Å². The molecule has 148 valence electrons. The average Bonchev–Trinajstić information content (AvgIpc) is 2.92. The Hall–Kier alpha value is -2.50. The van der Waals surface area contributed by atoms with E-state index in [0.717, 1.165) is 36.7 Å². The lowest BCUT2D eigenvalue weighted by molar-refractivity contribution is 0.0600. The number of hydrogen-bond acceptors (Lipinski definition) is 2. The van der Waals surface area contributed by atoms with Gasteiger partial charge in [-0.2, -0.15) is 0 Å². The van der Waals surface area contributed by atoms with Crippen LogP contribution in [0.5, 0.6) is 0 Å². The summed E-state index contributed by atoms with van der Waals surface area (Å²) >= 11 is 0. The van der Waals surface area contributed by atoms with Gasteiger partial charge in [-0.3, -0.25) is 4.79 Å². The number of anilines is 1. The van der Waals surface area contributed by atoms with Crippen LogP contribution in [0.4, 0.5) is 18.9 Å². The first-order valence-corrected chi connectivity index (χ1v) is 9.59. The molecule has 2 aliphatic rings. The van der Waals surface area contributed by atoms with Crippen molar-refractivity contribution in [3.63, 3.8) is 0 Å². The molecular formula is C22H23F3N2O. The maximum absolute atomic E-state index is 14.2. The predicted octanol–water partition coefficient (Wildman–Crippen LogP) is 4.77. The molecule has 0 radical (unpaired) electrons. The summed E-state index contributed by atoms with van der Waals surface area (Å²) in [5.41, 5.74) is 0.248. The summed E-state index contributed by atoms with van der Waals surface area (Å²) < 4.78 is 41.6. The molecular weight excluding hydrogens is 365 g/mol. The highest BCUT2D eigenvalue weighted by molar-refractivity contribution is 5.95. The molecule has 2 aromatic carbocycles. The van der Waals surface area contributed by atoms with Crippen molar-refractivity contribution in [3.05, 3.63) is 65.5 Å². The third kappa shape index (κ3) is 3.15. The van der Waals surface area contributed by atoms with Gasteiger partial charge >= 0.3 is 0 Å². The highest BCUT2D eigenvalue weighted by Crippen LogP contribution is 2.44. The van der Waals surface area contributed by atoms with Gasteiger partial charge < -0.3 is 9.80 Å². The Morgan fingerprint density at radius 1 is 1.04 bits per heavy atom. The molecule has 0 aliphatic carbocycles. The topological polar surface area (TPSA) is 23.6 Å². The zero-order valence-electron chi connectivity index (χ0n) is 16.0. The smallest absolute Gasteiger partial charge is 0.257 e. The number of carbonyl (C=O) groups excluding carboxylic acids is 1. The van der Waals surface area contributed by atoms with Gasteiger partial charge in [0.25, 0.3) is 5.91 Å². The monoisotopic (exact) mass is 388 g/mol. The van der Waals surface area contributed by atoms with Crippen molar-refractivity contribution >= 4 is 11.6 Å². The fourth-order valence-corrected chi connectivity index (χ4v) is 4.88. The van der Waals surface area contributed by atoms with E-state index in [1.807, 2.05) is 6.07 Å². The lowest BCUT2D eigenvalue weighted by atomic mass is 9.93. The standard InChI is InChI=1S/C22H23F3N2O/c1-22(2)13-20-19(27(22)16-6-3-5-14(23)11-16)7-4-10-26(20)21(28)17-12-15(24)8-9-18(17)25/h3,5-6,8-9,11-12,19-20H,4,7,10,13H2,1-2H3/t19-,20-/m0/s1. The van der Waals surface area contributed by atoms with Crippen LogP contribution in [-0.4, -0.2) is 35.0 Å². The summed E-state index contributed by atoms with van der Waals surface area (Å²) in [5, 5.41) is 0. The number of hydrogen-bond donors (Lipinski definition) is 0. The number of piperidine rings is 1. The molecule has 2 atom stereocenters. The Morgan fingerprint density at radius 3 is 2.54 bits per heavy atom. The van der Waals surface area contributed by atoms with Gasteiger partial charge in [0.15, 0.2) is 0 Å². The molecule has 0 aromatic heterocycles. The molecule has 1 amide bonds. The molecule has 0 N–H and O–H groups in total. The minimum Gasteiger partial charge on any atom is -0.361 e. The molecule has 0 unspecified atom stereocenters. The number of amides is 1. The van der Waals surface area contributed by atoms with Crippen LogP contribution in [0.1, 0.15) is 43.5 Å². The normalized spacial score (nSPS) is 23.6. The maximum atomic E-state index is 14.2. The van der Waals surface area contributed by atoms with Gasteiger partial charge in [0.2, 0.25) is 0 Å². The van der Waals surface area contributed by atoms with Crippen molar-refractivity contribution in [1.29, 1.82) is 0 Å². The van der Waals surface area contributed by atoms with E-state index in [1.54, 1.807) is 11.0 Å². The van der Waals surface area contributed by atoms with E-state index in [0.29, 0.717) is 13.0 Å². The van der Waals surface area contributed by atoms with E-state index in [9.17, 15) is 18.0 Å². The van der Waals surface area contributed by atoms with E-state index >= 15 is 0 Å². The lowest BCUT2D eigenvalue weighted by Crippen LogP contribution is -2.53. The van der Waals surface area contributed by atoms with E-state index in [1.165, 1.54) is 12.1 Å². The second-order valence-electron chi connectivity index (χ2n) is 8.27. The molecule has 0 saturated carbocycles. The zero-order chi connectivity index (χ0) is 20.1. The Kier molecular flexibility index (Phi) is 4.60. The summed E-state index contributed by atoms with van der Waals surface area (Å²) in [7, 11) is 0. The van der Waals surface area contributed by atoms with Gasteiger partial charge in [0, 0.05) is 17.8 Å². The van der Waals surface area contributed by atoms with Crippen LogP contribution in [0.2, 0.25) is 0 Å². The van der Waals surface area contributed by atoms with E-state index < -0.39 is 17.5 Å². The van der Waals surface area contributed by atoms with Crippen LogP contribution in [0.3, 0.4) is 0 Å². The van der Waals surface area contributed by atoms with Crippen LogP contribution in [-0.2, 0) is 0 Å². The van der Waals surface area contributed by atoms with Crippen molar-refractivity contribution < 1.29 is 18.0 Å². The molecule has 6 heteroatoms. The van der Waals surface area contributed by atoms with E-state index in [2.05, 4.69) is 18.7 Å². The quantitative estimate of drug-likeness (QED) is 0.740. The second-order valence-corrected chi connectivity index (χ2v) is 8.27. The van der Waals surface area contributed by atoms with E-state index in [-0.39, 0.29) is 29.0 Å². The molecule has 0 bridgehead atoms. The van der Waals surface area contributed by atoms with E-state index in [4.69, 9.17) is 0 Å². The number of halogens is 3. The van der Waals surface area contributed by atoms with Gasteiger partial charge in [0.1, 0.15) is 17.5 Å². The third-order valence-electron chi connectivity index (χ3n) is 5.94. The average molecular weight is 388 g/mol. The summed E-state index contributed by atoms with van der Waals surface area (Å²) in [4.78, 5) is 16.9. The number of likely N-dealkylation sites (tertiary alicyclic amines) is 1. The van der Waals surface area contributed by atoms with Gasteiger partial charge in [0.05, 0.1) is 17.6 Å². The molecule has 0 spiro atoms. The summed E-state index contributed by atoms with van der Waals surface area (Å²) in [6.45, 7) is 4.65. The van der Waals surface area contributed by atoms with Crippen molar-refractivity contribution in [2.75, 3.05) is 11.4 Å². The zero-order valence-corrected chi connectivity index (χ0v) is 16.0. The summed E-state index contributed by atoms with van der Waals surface area (Å²) in [6.07, 6.45) is 2.29. The first-order valence-electron chi connectivity index (χ1n) is 9.59. The van der Waals surface area contributed by atoms with Gasteiger partial charge in [-0.15, -0.1) is 0 Å². The van der Waals surface area contributed by atoms with Crippen molar-refractivity contribution in [2.45, 2.75) is 50.7 Å². The molecule has 3 nitrogen and oxygen atoms in total. The number of rotatable bonds is 2. The van der Waals surface area contributed by atoms with Gasteiger partial charge in [-0.1, -0.05) is 6.07 Å². The van der Waals surface area contributed by atoms with Crippen LogP contribution < -0.4 is 4.90 Å². The first-order chi connectivity index (χ1) is 13.3. The first kappa shape index (κ1) is 18.8. The summed E-state index contributed by atoms with van der Waals surface area (Å²) in [6, 6.07) is 9.31. The largest absolute Gasteiger partial charge is 0.361 e. The Bertz CT molecular complexity index is 914. The molecule has 2 fully saturated rings. The maximum Gasteiger partial charge on any atom is 0.257 e. The highest BCUT2D eigenvalue weighted by atomic mass is 19.1. The third-order valence-corrected chi connectivity index (χ3v) is 5.94. The Morgan fingerprint density at radius 2 is 1.79 bits per heavy atom. The minimum absolute atomic E-state index is 0.00567. The van der Waals surface area contributed by atoms with Crippen LogP contribution in [0, 0.1) is 17.5 Å². The van der Waals surface area contributed by atoms with Crippen LogP contribution in [0.15, 0.2) is 42.5 Å². The number of carbonyl (C=O) groups is 1. The fourth-order valence-electron chi connectivity index (χ4n) is 4.88. The molecule has 28 heavy (non-hydrogen) atoms. The molecule has 2 heterocycles. The summed E-state index contributed by atoms with van der Waals surface area (Å²) in [5.74, 6) is -2.13. The molecule has 2 saturated heterocycles. The van der Waals surface area contributed by atoms with Gasteiger partial charge in [-0.25, -0.2) is 13.2 Å². The lowest BCUT2D eigenvalue weighted by Gasteiger charge is -2.42. The predicted molar refractivity (Wildman–Crippen MR) is 102 cm³/mol. The fraction of sp³-hybridized carbons (Fsp3) is 0.409. The Balaban J connectivity index is 1.69. The van der Waals surface area contributed by atoms with Crippen LogP contribution >= 0.6 is 0 Å². The Labute approximate surface area is 162 Å². The molecule has 2 aromatic rings. The highest BCUT2D eigenvalue weighted by Gasteiger charge is 2.51. The number of fused-ring (bicyclic) bond motifs is 1. The number of benzene rings is 2. The minimum atomic E-state index is -0.715. The van der Waals surface area contributed by atoms with Crippen molar-refractivity contribution in [3.8, 4) is 0 Å². The van der Waals surface area contributed by atoms with Crippen molar-refractivity contribution in [1.82, 2.24) is 4.90 Å². The van der Waals surface area contributed by atoms with Crippen molar-refractivity contribution in [2.24, 2.45) is 0 Å². The molecule has 2 aliphatic heterocycles. The number of nitrogens with zero attached hydrogens (tertiary/aromatic N) is 2.